The van der Waals surface area contributed by atoms with E-state index in [4.69, 9.17) is 16.3 Å². The molecule has 0 aliphatic heterocycles. The van der Waals surface area contributed by atoms with Crippen molar-refractivity contribution in [1.29, 1.82) is 0 Å². The van der Waals surface area contributed by atoms with Gasteiger partial charge < -0.3 is 9.47 Å². The van der Waals surface area contributed by atoms with Gasteiger partial charge in [-0.2, -0.15) is 0 Å². The number of carbonyl (C=O) groups excluding carboxylic acids is 2. The molecule has 92 valence electrons. The Morgan fingerprint density at radius 3 is 2.47 bits per heavy atom. The van der Waals surface area contributed by atoms with Crippen LogP contribution in [0, 0.1) is 0 Å². The van der Waals surface area contributed by atoms with E-state index in [1.54, 1.807) is 31.2 Å². The Balaban J connectivity index is 2.45. The Bertz CT molecular complexity index is 377. The molecule has 4 nitrogen and oxygen atoms in total. The van der Waals surface area contributed by atoms with Gasteiger partial charge >= 0.3 is 11.9 Å². The summed E-state index contributed by atoms with van der Waals surface area (Å²) in [5, 5.41) is -0.911. The lowest BCUT2D eigenvalue weighted by atomic mass is 10.1. The molecule has 0 radical (unpaired) electrons. The predicted molar refractivity (Wildman–Crippen MR) is 62.6 cm³/mol. The lowest BCUT2D eigenvalue weighted by Gasteiger charge is -2.09. The van der Waals surface area contributed by atoms with Crippen LogP contribution in [0.1, 0.15) is 17.9 Å². The molecule has 0 aliphatic carbocycles. The van der Waals surface area contributed by atoms with E-state index in [2.05, 4.69) is 4.74 Å². The zero-order valence-electron chi connectivity index (χ0n) is 9.39. The molecule has 1 rings (SSSR count). The van der Waals surface area contributed by atoms with E-state index < -0.39 is 23.9 Å². The molecular weight excluding hydrogens is 244 g/mol. The van der Waals surface area contributed by atoms with Crippen molar-refractivity contribution in [3.63, 3.8) is 0 Å². The maximum atomic E-state index is 11.5. The molecule has 0 N–H and O–H groups in total. The molecule has 0 aromatic heterocycles. The number of ether oxygens (including phenoxy) is 2. The third-order valence-electron chi connectivity index (χ3n) is 1.94. The SMILES string of the molecule is CCOC(=O)COC(=O)C(Cl)c1ccccc1. The number of carbonyl (C=O) groups is 2. The van der Waals surface area contributed by atoms with Gasteiger partial charge in [0.05, 0.1) is 6.61 Å². The second kappa shape index (κ2) is 6.91. The van der Waals surface area contributed by atoms with E-state index >= 15 is 0 Å². The van der Waals surface area contributed by atoms with Crippen molar-refractivity contribution < 1.29 is 19.1 Å². The van der Waals surface area contributed by atoms with Crippen molar-refractivity contribution in [3.05, 3.63) is 35.9 Å². The largest absolute Gasteiger partial charge is 0.463 e. The molecule has 0 amide bonds. The smallest absolute Gasteiger partial charge is 0.344 e. The standard InChI is InChI=1S/C12H13ClO4/c1-2-16-10(14)8-17-12(15)11(13)9-6-4-3-5-7-9/h3-7,11H,2,8H2,1H3. The number of benzene rings is 1. The van der Waals surface area contributed by atoms with E-state index in [0.717, 1.165) is 0 Å². The average molecular weight is 257 g/mol. The van der Waals surface area contributed by atoms with E-state index in [0.29, 0.717) is 5.56 Å². The molecule has 1 unspecified atom stereocenters. The minimum absolute atomic E-state index is 0.249. The van der Waals surface area contributed by atoms with Gasteiger partial charge in [-0.15, -0.1) is 11.6 Å². The van der Waals surface area contributed by atoms with Crippen LogP contribution in [0.5, 0.6) is 0 Å². The fraction of sp³-hybridized carbons (Fsp3) is 0.333. The van der Waals surface area contributed by atoms with Crippen LogP contribution in [0.15, 0.2) is 30.3 Å². The van der Waals surface area contributed by atoms with Gasteiger partial charge in [0.2, 0.25) is 0 Å². The molecule has 17 heavy (non-hydrogen) atoms. The van der Waals surface area contributed by atoms with Gasteiger partial charge in [0.1, 0.15) is 0 Å². The van der Waals surface area contributed by atoms with Crippen LogP contribution in [0.2, 0.25) is 0 Å². The lowest BCUT2D eigenvalue weighted by molar-refractivity contribution is -0.158. The molecule has 0 saturated heterocycles. The van der Waals surface area contributed by atoms with E-state index in [1.807, 2.05) is 6.07 Å². The second-order valence-electron chi connectivity index (χ2n) is 3.19. The number of hydrogen-bond donors (Lipinski definition) is 0. The summed E-state index contributed by atoms with van der Waals surface area (Å²) in [6.45, 7) is 1.51. The van der Waals surface area contributed by atoms with Gasteiger partial charge in [-0.25, -0.2) is 4.79 Å². The molecule has 5 heteroatoms. The number of esters is 2. The van der Waals surface area contributed by atoms with E-state index in [9.17, 15) is 9.59 Å². The van der Waals surface area contributed by atoms with Crippen molar-refractivity contribution in [1.82, 2.24) is 0 Å². The van der Waals surface area contributed by atoms with Gasteiger partial charge in [-0.3, -0.25) is 4.79 Å². The van der Waals surface area contributed by atoms with Crippen LogP contribution < -0.4 is 0 Å². The quantitative estimate of drug-likeness (QED) is 0.598. The highest BCUT2D eigenvalue weighted by Crippen LogP contribution is 2.21. The summed E-state index contributed by atoms with van der Waals surface area (Å²) in [7, 11) is 0. The first-order valence-electron chi connectivity index (χ1n) is 5.16. The third kappa shape index (κ3) is 4.44. The van der Waals surface area contributed by atoms with Crippen molar-refractivity contribution in [2.75, 3.05) is 13.2 Å². The van der Waals surface area contributed by atoms with Gasteiger partial charge in [0, 0.05) is 0 Å². The zero-order chi connectivity index (χ0) is 12.7. The normalized spacial score (nSPS) is 11.6. The summed E-state index contributed by atoms with van der Waals surface area (Å²) < 4.78 is 9.35. The summed E-state index contributed by atoms with van der Waals surface area (Å²) in [5.41, 5.74) is 0.628. The Morgan fingerprint density at radius 2 is 1.88 bits per heavy atom. The Kier molecular flexibility index (Phi) is 5.49. The van der Waals surface area contributed by atoms with E-state index in [1.165, 1.54) is 0 Å². The molecular formula is C12H13ClO4. The first-order chi connectivity index (χ1) is 8.15. The molecule has 0 bridgehead atoms. The van der Waals surface area contributed by atoms with Crippen molar-refractivity contribution in [2.45, 2.75) is 12.3 Å². The third-order valence-corrected chi connectivity index (χ3v) is 2.37. The molecule has 0 fully saturated rings. The lowest BCUT2D eigenvalue weighted by Crippen LogP contribution is -2.19. The molecule has 1 atom stereocenters. The fourth-order valence-corrected chi connectivity index (χ4v) is 1.37. The molecule has 1 aromatic carbocycles. The first-order valence-corrected chi connectivity index (χ1v) is 5.60. The van der Waals surface area contributed by atoms with Crippen LogP contribution >= 0.6 is 11.6 Å². The first kappa shape index (κ1) is 13.5. The molecule has 0 saturated carbocycles. The summed E-state index contributed by atoms with van der Waals surface area (Å²) in [4.78, 5) is 22.5. The van der Waals surface area contributed by atoms with Crippen LogP contribution in [0.25, 0.3) is 0 Å². The van der Waals surface area contributed by atoms with Crippen LogP contribution in [0.4, 0.5) is 0 Å². The summed E-state index contributed by atoms with van der Waals surface area (Å²) >= 11 is 5.89. The highest BCUT2D eigenvalue weighted by Gasteiger charge is 2.20. The van der Waals surface area contributed by atoms with Gasteiger partial charge in [0.15, 0.2) is 12.0 Å². The van der Waals surface area contributed by atoms with Crippen LogP contribution in [-0.2, 0) is 19.1 Å². The number of alkyl halides is 1. The topological polar surface area (TPSA) is 52.6 Å². The maximum absolute atomic E-state index is 11.5. The average Bonchev–Trinajstić information content (AvgIpc) is 2.36. The summed E-state index contributed by atoms with van der Waals surface area (Å²) in [5.74, 6) is -1.25. The van der Waals surface area contributed by atoms with Crippen molar-refractivity contribution in [2.24, 2.45) is 0 Å². The Labute approximate surface area is 104 Å². The highest BCUT2D eigenvalue weighted by atomic mass is 35.5. The predicted octanol–water partition coefficient (Wildman–Crippen LogP) is 2.07. The Morgan fingerprint density at radius 1 is 1.24 bits per heavy atom. The highest BCUT2D eigenvalue weighted by molar-refractivity contribution is 6.30. The van der Waals surface area contributed by atoms with Gasteiger partial charge in [0.25, 0.3) is 0 Å². The Hall–Kier alpha value is -1.55. The molecule has 0 spiro atoms. The second-order valence-corrected chi connectivity index (χ2v) is 3.62. The number of hydrogen-bond acceptors (Lipinski definition) is 4. The van der Waals surface area contributed by atoms with Gasteiger partial charge in [-0.1, -0.05) is 30.3 Å². The summed E-state index contributed by atoms with van der Waals surface area (Å²) in [6.07, 6.45) is 0. The van der Waals surface area contributed by atoms with Crippen LogP contribution in [-0.4, -0.2) is 25.2 Å². The molecule has 0 aliphatic rings. The molecule has 1 aromatic rings. The van der Waals surface area contributed by atoms with Crippen LogP contribution in [0.3, 0.4) is 0 Å². The maximum Gasteiger partial charge on any atom is 0.344 e. The monoisotopic (exact) mass is 256 g/mol. The number of rotatable bonds is 5. The minimum atomic E-state index is -0.911. The van der Waals surface area contributed by atoms with Gasteiger partial charge in [-0.05, 0) is 12.5 Å². The van der Waals surface area contributed by atoms with Crippen molar-refractivity contribution in [3.8, 4) is 0 Å². The number of halogens is 1. The van der Waals surface area contributed by atoms with Crippen molar-refractivity contribution >= 4 is 23.5 Å². The zero-order valence-corrected chi connectivity index (χ0v) is 10.1. The van der Waals surface area contributed by atoms with E-state index in [-0.39, 0.29) is 6.61 Å². The fourth-order valence-electron chi connectivity index (χ4n) is 1.16. The summed E-state index contributed by atoms with van der Waals surface area (Å²) in [6, 6.07) is 8.77. The minimum Gasteiger partial charge on any atom is -0.463 e. The molecule has 0 heterocycles.